The van der Waals surface area contributed by atoms with Gasteiger partial charge in [0.25, 0.3) is 6.01 Å². The molecular weight excluding hydrogens is 312 g/mol. The molecule has 116 valence electrons. The largest absolute Gasteiger partial charge is 0.423 e. The summed E-state index contributed by atoms with van der Waals surface area (Å²) in [4.78, 5) is 8.92. The number of aryl methyl sites for hydroxylation is 1. The Morgan fingerprint density at radius 1 is 1.22 bits per heavy atom. The highest BCUT2D eigenvalue weighted by atomic mass is 35.5. The summed E-state index contributed by atoms with van der Waals surface area (Å²) in [6.45, 7) is 3.66. The van der Waals surface area contributed by atoms with E-state index in [1.807, 2.05) is 43.3 Å². The Kier molecular flexibility index (Phi) is 3.42. The van der Waals surface area contributed by atoms with Crippen molar-refractivity contribution in [1.82, 2.24) is 10.3 Å². The molecule has 4 rings (SSSR count). The lowest BCUT2D eigenvalue weighted by Gasteiger charge is -2.03. The maximum Gasteiger partial charge on any atom is 0.300 e. The predicted molar refractivity (Wildman–Crippen MR) is 92.9 cm³/mol. The third-order valence-corrected chi connectivity index (χ3v) is 4.17. The number of fused-ring (bicyclic) bond motifs is 1. The SMILES string of the molecule is Cc1cc(Nc2nc3cc(C4=NCCN4)ccc3o2)ccc1Cl. The molecule has 5 nitrogen and oxygen atoms in total. The number of halogens is 1. The topological polar surface area (TPSA) is 62.5 Å². The Labute approximate surface area is 138 Å². The van der Waals surface area contributed by atoms with Gasteiger partial charge in [-0.05, 0) is 48.9 Å². The fourth-order valence-corrected chi connectivity index (χ4v) is 2.68. The molecule has 0 saturated carbocycles. The zero-order valence-corrected chi connectivity index (χ0v) is 13.3. The van der Waals surface area contributed by atoms with Gasteiger partial charge in [-0.3, -0.25) is 4.99 Å². The van der Waals surface area contributed by atoms with Gasteiger partial charge in [-0.25, -0.2) is 0 Å². The number of aliphatic imine (C=N–C) groups is 1. The molecule has 2 heterocycles. The van der Waals surface area contributed by atoms with E-state index in [0.717, 1.165) is 51.9 Å². The van der Waals surface area contributed by atoms with Gasteiger partial charge >= 0.3 is 0 Å². The molecule has 6 heteroatoms. The second kappa shape index (κ2) is 5.59. The Hall–Kier alpha value is -2.53. The normalized spacial score (nSPS) is 13.9. The van der Waals surface area contributed by atoms with Crippen LogP contribution in [0, 0.1) is 6.92 Å². The molecular formula is C17H15ClN4O. The fraction of sp³-hybridized carbons (Fsp3) is 0.176. The molecule has 0 bridgehead atoms. The molecule has 1 aliphatic rings. The van der Waals surface area contributed by atoms with Crippen molar-refractivity contribution < 1.29 is 4.42 Å². The number of nitrogens with zero attached hydrogens (tertiary/aromatic N) is 2. The first-order valence-electron chi connectivity index (χ1n) is 7.41. The Morgan fingerprint density at radius 2 is 2.13 bits per heavy atom. The van der Waals surface area contributed by atoms with Crippen molar-refractivity contribution in [1.29, 1.82) is 0 Å². The van der Waals surface area contributed by atoms with Crippen LogP contribution in [0.5, 0.6) is 0 Å². The smallest absolute Gasteiger partial charge is 0.300 e. The maximum atomic E-state index is 6.04. The standard InChI is InChI=1S/C17H15ClN4O/c1-10-8-12(3-4-13(10)18)21-17-22-14-9-11(2-5-15(14)23-17)16-19-6-7-20-16/h2-5,8-9H,6-7H2,1H3,(H,19,20)(H,21,22). The quantitative estimate of drug-likeness (QED) is 0.766. The van der Waals surface area contributed by atoms with E-state index in [-0.39, 0.29) is 0 Å². The molecule has 0 aliphatic carbocycles. The van der Waals surface area contributed by atoms with Crippen molar-refractivity contribution in [3.05, 3.63) is 52.5 Å². The predicted octanol–water partition coefficient (Wildman–Crippen LogP) is 3.88. The van der Waals surface area contributed by atoms with Crippen LogP contribution in [0.3, 0.4) is 0 Å². The summed E-state index contributed by atoms with van der Waals surface area (Å²) in [7, 11) is 0. The number of amidine groups is 1. The van der Waals surface area contributed by atoms with E-state index < -0.39 is 0 Å². The summed E-state index contributed by atoms with van der Waals surface area (Å²) in [5, 5.41) is 7.17. The molecule has 0 spiro atoms. The lowest BCUT2D eigenvalue weighted by Crippen LogP contribution is -2.19. The maximum absolute atomic E-state index is 6.04. The van der Waals surface area contributed by atoms with Crippen LogP contribution in [0.4, 0.5) is 11.7 Å². The lowest BCUT2D eigenvalue weighted by molar-refractivity contribution is 0.623. The third-order valence-electron chi connectivity index (χ3n) is 3.74. The number of oxazole rings is 1. The van der Waals surface area contributed by atoms with Gasteiger partial charge in [0.1, 0.15) is 11.4 Å². The summed E-state index contributed by atoms with van der Waals surface area (Å²) >= 11 is 6.04. The first kappa shape index (κ1) is 14.1. The van der Waals surface area contributed by atoms with Gasteiger partial charge in [-0.2, -0.15) is 4.98 Å². The zero-order chi connectivity index (χ0) is 15.8. The van der Waals surface area contributed by atoms with E-state index in [4.69, 9.17) is 16.0 Å². The second-order valence-corrected chi connectivity index (χ2v) is 5.85. The van der Waals surface area contributed by atoms with Crippen LogP contribution < -0.4 is 10.6 Å². The molecule has 0 unspecified atom stereocenters. The average molecular weight is 327 g/mol. The van der Waals surface area contributed by atoms with Crippen molar-refractivity contribution in [2.75, 3.05) is 18.4 Å². The van der Waals surface area contributed by atoms with Crippen LogP contribution in [-0.2, 0) is 0 Å². The van der Waals surface area contributed by atoms with Crippen LogP contribution >= 0.6 is 11.6 Å². The van der Waals surface area contributed by atoms with E-state index in [9.17, 15) is 0 Å². The summed E-state index contributed by atoms with van der Waals surface area (Å²) in [5.74, 6) is 0.915. The monoisotopic (exact) mass is 326 g/mol. The highest BCUT2D eigenvalue weighted by molar-refractivity contribution is 6.31. The van der Waals surface area contributed by atoms with Gasteiger partial charge in [0.05, 0.1) is 6.54 Å². The van der Waals surface area contributed by atoms with Crippen molar-refractivity contribution in [3.63, 3.8) is 0 Å². The number of anilines is 2. The molecule has 0 atom stereocenters. The Morgan fingerprint density at radius 3 is 2.91 bits per heavy atom. The lowest BCUT2D eigenvalue weighted by atomic mass is 10.2. The van der Waals surface area contributed by atoms with Crippen molar-refractivity contribution in [2.24, 2.45) is 4.99 Å². The molecule has 2 aromatic carbocycles. The fourth-order valence-electron chi connectivity index (χ4n) is 2.57. The highest BCUT2D eigenvalue weighted by Gasteiger charge is 2.12. The number of nitrogens with one attached hydrogen (secondary N) is 2. The van der Waals surface area contributed by atoms with Crippen LogP contribution in [0.2, 0.25) is 5.02 Å². The Balaban J connectivity index is 1.64. The van der Waals surface area contributed by atoms with E-state index in [2.05, 4.69) is 20.6 Å². The molecule has 23 heavy (non-hydrogen) atoms. The van der Waals surface area contributed by atoms with E-state index >= 15 is 0 Å². The first-order chi connectivity index (χ1) is 11.2. The van der Waals surface area contributed by atoms with Gasteiger partial charge in [0.15, 0.2) is 5.58 Å². The van der Waals surface area contributed by atoms with Gasteiger partial charge in [0, 0.05) is 22.8 Å². The van der Waals surface area contributed by atoms with Gasteiger partial charge < -0.3 is 15.1 Å². The van der Waals surface area contributed by atoms with Crippen LogP contribution in [0.15, 0.2) is 45.8 Å². The van der Waals surface area contributed by atoms with Crippen molar-refractivity contribution in [2.45, 2.75) is 6.92 Å². The van der Waals surface area contributed by atoms with Gasteiger partial charge in [-0.15, -0.1) is 0 Å². The van der Waals surface area contributed by atoms with Gasteiger partial charge in [0.2, 0.25) is 0 Å². The van der Waals surface area contributed by atoms with E-state index in [1.165, 1.54) is 0 Å². The molecule has 2 N–H and O–H groups in total. The molecule has 0 amide bonds. The van der Waals surface area contributed by atoms with E-state index in [0.29, 0.717) is 6.01 Å². The second-order valence-electron chi connectivity index (χ2n) is 5.45. The third kappa shape index (κ3) is 2.75. The van der Waals surface area contributed by atoms with Crippen LogP contribution in [0.25, 0.3) is 11.1 Å². The molecule has 1 aromatic heterocycles. The van der Waals surface area contributed by atoms with Gasteiger partial charge in [-0.1, -0.05) is 11.6 Å². The summed E-state index contributed by atoms with van der Waals surface area (Å²) in [6.07, 6.45) is 0. The van der Waals surface area contributed by atoms with Crippen LogP contribution in [0.1, 0.15) is 11.1 Å². The summed E-state index contributed by atoms with van der Waals surface area (Å²) < 4.78 is 5.74. The number of rotatable bonds is 3. The molecule has 0 fully saturated rings. The number of aromatic nitrogens is 1. The Bertz CT molecular complexity index is 916. The molecule has 3 aromatic rings. The minimum absolute atomic E-state index is 0.459. The zero-order valence-electron chi connectivity index (χ0n) is 12.6. The first-order valence-corrected chi connectivity index (χ1v) is 7.79. The molecule has 0 radical (unpaired) electrons. The number of hydrogen-bond donors (Lipinski definition) is 2. The number of hydrogen-bond acceptors (Lipinski definition) is 5. The van der Waals surface area contributed by atoms with Crippen molar-refractivity contribution in [3.8, 4) is 0 Å². The number of benzene rings is 2. The average Bonchev–Trinajstić information content (AvgIpc) is 3.19. The molecule has 0 saturated heterocycles. The van der Waals surface area contributed by atoms with E-state index in [1.54, 1.807) is 0 Å². The minimum atomic E-state index is 0.459. The molecule has 1 aliphatic heterocycles. The summed E-state index contributed by atoms with van der Waals surface area (Å²) in [6, 6.07) is 12.0. The minimum Gasteiger partial charge on any atom is -0.423 e. The highest BCUT2D eigenvalue weighted by Crippen LogP contribution is 2.25. The summed E-state index contributed by atoms with van der Waals surface area (Å²) in [5.41, 5.74) is 4.45. The van der Waals surface area contributed by atoms with Crippen LogP contribution in [-0.4, -0.2) is 23.9 Å². The van der Waals surface area contributed by atoms with Crippen molar-refractivity contribution >= 4 is 40.2 Å².